The number of hydrogen-bond acceptors (Lipinski definition) is 3. The number of likely N-dealkylation sites (tertiary alicyclic amines) is 1. The maximum absolute atomic E-state index is 10.3. The Bertz CT molecular complexity index is 846. The molecule has 1 N–H and O–H groups in total. The van der Waals surface area contributed by atoms with E-state index in [4.69, 9.17) is 4.74 Å². The summed E-state index contributed by atoms with van der Waals surface area (Å²) in [6, 6.07) is 0.602. The number of fused-ring (bicyclic) bond motifs is 6. The van der Waals surface area contributed by atoms with E-state index in [2.05, 4.69) is 45.7 Å². The summed E-state index contributed by atoms with van der Waals surface area (Å²) in [6.45, 7) is 11.1. The maximum atomic E-state index is 10.3. The Morgan fingerprint density at radius 2 is 1.97 bits per heavy atom. The second kappa shape index (κ2) is 7.43. The van der Waals surface area contributed by atoms with Gasteiger partial charge in [-0.15, -0.1) is 0 Å². The number of allylic oxidation sites excluding steroid dienone is 2. The van der Waals surface area contributed by atoms with Crippen LogP contribution in [0.2, 0.25) is 0 Å². The van der Waals surface area contributed by atoms with Gasteiger partial charge in [-0.05, 0) is 101 Å². The summed E-state index contributed by atoms with van der Waals surface area (Å²) < 4.78 is 7.10. The van der Waals surface area contributed by atoms with E-state index in [1.807, 2.05) is 5.57 Å². The van der Waals surface area contributed by atoms with Gasteiger partial charge in [-0.25, -0.2) is 0 Å². The van der Waals surface area contributed by atoms with Crippen molar-refractivity contribution < 1.29 is 9.84 Å². The van der Waals surface area contributed by atoms with Crippen LogP contribution in [0.15, 0.2) is 22.8 Å². The van der Waals surface area contributed by atoms with Gasteiger partial charge in [-0.3, -0.25) is 0 Å². The van der Waals surface area contributed by atoms with E-state index in [0.29, 0.717) is 23.5 Å². The summed E-state index contributed by atoms with van der Waals surface area (Å²) in [6.07, 6.45) is 13.4. The molecule has 3 heteroatoms. The molecule has 10 atom stereocenters. The number of piperidine rings is 1. The second-order valence-corrected chi connectivity index (χ2v) is 13.1. The van der Waals surface area contributed by atoms with Crippen LogP contribution in [0.5, 0.6) is 0 Å². The number of aliphatic hydroxyl groups excluding tert-OH is 1. The number of rotatable bonds is 0. The van der Waals surface area contributed by atoms with Crippen molar-refractivity contribution in [3.63, 3.8) is 0 Å². The van der Waals surface area contributed by atoms with Crippen LogP contribution in [0.1, 0.15) is 85.5 Å². The van der Waals surface area contributed by atoms with Crippen LogP contribution in [-0.2, 0) is 4.74 Å². The predicted octanol–water partition coefficient (Wildman–Crippen LogP) is 5.73. The normalized spacial score (nSPS) is 53.4. The van der Waals surface area contributed by atoms with Crippen LogP contribution in [0, 0.1) is 35.0 Å². The van der Waals surface area contributed by atoms with Crippen molar-refractivity contribution in [2.24, 2.45) is 35.0 Å². The molecule has 0 unspecified atom stereocenters. The molecule has 0 bridgehead atoms. The summed E-state index contributed by atoms with van der Waals surface area (Å²) in [5.41, 5.74) is 5.46. The lowest BCUT2D eigenvalue weighted by molar-refractivity contribution is -0.0778. The molecule has 6 rings (SSSR count). The van der Waals surface area contributed by atoms with Gasteiger partial charge in [-0.1, -0.05) is 43.6 Å². The van der Waals surface area contributed by atoms with Crippen molar-refractivity contribution >= 4 is 0 Å². The van der Waals surface area contributed by atoms with E-state index < -0.39 is 0 Å². The van der Waals surface area contributed by atoms with Crippen molar-refractivity contribution in [2.75, 3.05) is 13.6 Å². The minimum atomic E-state index is -0.201. The number of nitrogens with zero attached hydrogens (tertiary/aromatic N) is 1. The van der Waals surface area contributed by atoms with Crippen molar-refractivity contribution in [1.29, 1.82) is 0 Å². The maximum Gasteiger partial charge on any atom is 0.0765 e. The first-order chi connectivity index (χ1) is 15.2. The van der Waals surface area contributed by atoms with Crippen molar-refractivity contribution in [1.82, 2.24) is 4.90 Å². The molecule has 4 fully saturated rings. The molecule has 0 radical (unpaired) electrons. The highest BCUT2D eigenvalue weighted by Gasteiger charge is 2.59. The highest BCUT2D eigenvalue weighted by atomic mass is 16.5. The first-order valence-electron chi connectivity index (χ1n) is 13.7. The fraction of sp³-hybridized carbons (Fsp3) is 0.862. The minimum Gasteiger partial charge on any atom is -0.389 e. The highest BCUT2D eigenvalue weighted by molar-refractivity contribution is 5.33. The largest absolute Gasteiger partial charge is 0.389 e. The highest BCUT2D eigenvalue weighted by Crippen LogP contribution is 2.64. The molecule has 6 aliphatic rings. The van der Waals surface area contributed by atoms with Gasteiger partial charge in [0.25, 0.3) is 0 Å². The van der Waals surface area contributed by atoms with Gasteiger partial charge >= 0.3 is 0 Å². The molecular weight excluding hydrogens is 394 g/mol. The quantitative estimate of drug-likeness (QED) is 0.489. The molecule has 0 amide bonds. The number of ether oxygens (including phenoxy) is 1. The third kappa shape index (κ3) is 3.02. The number of aliphatic hydroxyl groups is 1. The first-order valence-corrected chi connectivity index (χ1v) is 13.7. The second-order valence-electron chi connectivity index (χ2n) is 13.1. The zero-order chi connectivity index (χ0) is 22.4. The third-order valence-electron chi connectivity index (χ3n) is 11.4. The van der Waals surface area contributed by atoms with E-state index in [0.717, 1.165) is 36.5 Å². The molecule has 4 aliphatic carbocycles. The number of likely N-dealkylation sites (N-methyl/N-ethyl adjacent to an activating group) is 1. The molecule has 0 aromatic carbocycles. The van der Waals surface area contributed by atoms with Crippen LogP contribution in [0.25, 0.3) is 0 Å². The average Bonchev–Trinajstić information content (AvgIpc) is 3.19. The lowest BCUT2D eigenvalue weighted by atomic mass is 9.56. The number of hydrogen-bond donors (Lipinski definition) is 1. The summed E-state index contributed by atoms with van der Waals surface area (Å²) in [4.78, 5) is 2.62. The van der Waals surface area contributed by atoms with Gasteiger partial charge in [0.05, 0.1) is 17.8 Å². The Morgan fingerprint density at radius 3 is 2.78 bits per heavy atom. The molecule has 178 valence electrons. The van der Waals surface area contributed by atoms with Gasteiger partial charge in [0.1, 0.15) is 0 Å². The SMILES string of the molecule is CC1=C2C[C@H]3[C@@H](CCC4=C[C@@H](O)CC[C@@]43C)[C@@H]2CC[C@@]2(C1)O[C@@H]1C[C@H](C)CN(C)[C@H]1[C@H]2C. The molecule has 2 saturated heterocycles. The summed E-state index contributed by atoms with van der Waals surface area (Å²) in [5.74, 6) is 3.77. The Labute approximate surface area is 195 Å². The Hall–Kier alpha value is -0.640. The molecule has 0 aromatic heterocycles. The van der Waals surface area contributed by atoms with Gasteiger partial charge in [0.15, 0.2) is 0 Å². The predicted molar refractivity (Wildman–Crippen MR) is 129 cm³/mol. The van der Waals surface area contributed by atoms with Crippen LogP contribution in [0.3, 0.4) is 0 Å². The van der Waals surface area contributed by atoms with Gasteiger partial charge < -0.3 is 14.7 Å². The van der Waals surface area contributed by atoms with Gasteiger partial charge in [0.2, 0.25) is 0 Å². The Balaban J connectivity index is 1.30. The van der Waals surface area contributed by atoms with Crippen molar-refractivity contribution in [2.45, 2.75) is 109 Å². The van der Waals surface area contributed by atoms with Crippen LogP contribution in [0.4, 0.5) is 0 Å². The smallest absolute Gasteiger partial charge is 0.0765 e. The summed E-state index contributed by atoms with van der Waals surface area (Å²) >= 11 is 0. The Kier molecular flexibility index (Phi) is 5.07. The fourth-order valence-corrected chi connectivity index (χ4v) is 9.88. The Morgan fingerprint density at radius 1 is 1.16 bits per heavy atom. The molecular formula is C29H45NO2. The molecule has 2 heterocycles. The lowest BCUT2D eigenvalue weighted by Gasteiger charge is -2.49. The molecule has 3 nitrogen and oxygen atoms in total. The summed E-state index contributed by atoms with van der Waals surface area (Å²) in [5, 5.41) is 10.3. The molecule has 0 aromatic rings. The van der Waals surface area contributed by atoms with Crippen LogP contribution < -0.4 is 0 Å². The van der Waals surface area contributed by atoms with E-state index in [9.17, 15) is 5.11 Å². The fourth-order valence-electron chi connectivity index (χ4n) is 9.88. The summed E-state index contributed by atoms with van der Waals surface area (Å²) in [7, 11) is 2.34. The zero-order valence-electron chi connectivity index (χ0n) is 21.1. The standard InChI is InChI=1S/C29H45NO2/c1-17-12-26-27(30(5)16-17)19(3)29(32-26)11-9-22-23-7-6-20-13-21(31)8-10-28(20,4)25(23)14-24(22)18(2)15-29/h13,17,19,21-23,25-27,31H,6-12,14-16H2,1-5H3/t17-,19+,21-,22-,23-,25-,26+,27-,28-,29-/m0/s1. The minimum absolute atomic E-state index is 0.0587. The van der Waals surface area contributed by atoms with Crippen LogP contribution in [-0.4, -0.2) is 47.4 Å². The van der Waals surface area contributed by atoms with Crippen molar-refractivity contribution in [3.05, 3.63) is 22.8 Å². The van der Waals surface area contributed by atoms with Gasteiger partial charge in [0, 0.05) is 18.5 Å². The van der Waals surface area contributed by atoms with E-state index in [1.54, 1.807) is 11.1 Å². The lowest BCUT2D eigenvalue weighted by Crippen LogP contribution is -2.49. The van der Waals surface area contributed by atoms with E-state index >= 15 is 0 Å². The average molecular weight is 440 g/mol. The first kappa shape index (κ1) is 21.9. The molecule has 32 heavy (non-hydrogen) atoms. The topological polar surface area (TPSA) is 32.7 Å². The third-order valence-corrected chi connectivity index (χ3v) is 11.4. The van der Waals surface area contributed by atoms with E-state index in [1.165, 1.54) is 51.5 Å². The molecule has 2 saturated carbocycles. The molecule has 2 aliphatic heterocycles. The van der Waals surface area contributed by atoms with Crippen molar-refractivity contribution in [3.8, 4) is 0 Å². The zero-order valence-corrected chi connectivity index (χ0v) is 21.1. The molecule has 1 spiro atoms. The van der Waals surface area contributed by atoms with Crippen LogP contribution >= 0.6 is 0 Å². The van der Waals surface area contributed by atoms with Gasteiger partial charge in [-0.2, -0.15) is 0 Å². The monoisotopic (exact) mass is 439 g/mol. The van der Waals surface area contributed by atoms with E-state index in [-0.39, 0.29) is 11.7 Å².